The average molecular weight is 299 g/mol. The van der Waals surface area contributed by atoms with Crippen molar-refractivity contribution in [3.63, 3.8) is 0 Å². The number of hydrogen-bond acceptors (Lipinski definition) is 1. The summed E-state index contributed by atoms with van der Waals surface area (Å²) in [6, 6.07) is 21.7. The van der Waals surface area contributed by atoms with E-state index >= 15 is 0 Å². The smallest absolute Gasteiger partial charge is 0.0744 e. The summed E-state index contributed by atoms with van der Waals surface area (Å²) in [5.41, 5.74) is 5.02. The molecule has 0 saturated heterocycles. The standard InChI is InChI=1S/C22H21N/c1-2-5-16(6-3-1)21-12-11-17-7-4-8-19(22(17)23-21)20-14-15-9-10-18(20)13-15/h1-8,11-12,15,18,20H,9-10,13-14H2. The highest BCUT2D eigenvalue weighted by Crippen LogP contribution is 2.53. The third kappa shape index (κ3) is 2.18. The second-order valence-corrected chi connectivity index (χ2v) is 7.26. The SMILES string of the molecule is c1ccc(-c2ccc3cccc(C4CC5CCC4C5)c3n2)cc1. The maximum absolute atomic E-state index is 5.07. The van der Waals surface area contributed by atoms with Gasteiger partial charge < -0.3 is 0 Å². The molecule has 5 rings (SSSR count). The van der Waals surface area contributed by atoms with Crippen LogP contribution in [0.3, 0.4) is 0 Å². The van der Waals surface area contributed by atoms with Crippen molar-refractivity contribution in [2.45, 2.75) is 31.6 Å². The van der Waals surface area contributed by atoms with Crippen LogP contribution in [-0.2, 0) is 0 Å². The lowest BCUT2D eigenvalue weighted by Gasteiger charge is -2.23. The monoisotopic (exact) mass is 299 g/mol. The molecule has 1 heterocycles. The predicted octanol–water partition coefficient (Wildman–Crippen LogP) is 5.81. The second kappa shape index (κ2) is 5.19. The van der Waals surface area contributed by atoms with E-state index in [2.05, 4.69) is 60.7 Å². The van der Waals surface area contributed by atoms with E-state index in [9.17, 15) is 0 Å². The van der Waals surface area contributed by atoms with Crippen molar-refractivity contribution in [2.24, 2.45) is 11.8 Å². The molecule has 1 heteroatoms. The minimum absolute atomic E-state index is 0.732. The van der Waals surface area contributed by atoms with Crippen molar-refractivity contribution in [1.29, 1.82) is 0 Å². The fourth-order valence-corrected chi connectivity index (χ4v) is 4.86. The van der Waals surface area contributed by atoms with Gasteiger partial charge >= 0.3 is 0 Å². The van der Waals surface area contributed by atoms with Crippen LogP contribution in [0.1, 0.15) is 37.2 Å². The van der Waals surface area contributed by atoms with E-state index in [1.165, 1.54) is 47.7 Å². The van der Waals surface area contributed by atoms with E-state index in [0.717, 1.165) is 23.4 Å². The van der Waals surface area contributed by atoms with Gasteiger partial charge in [0, 0.05) is 10.9 Å². The Kier molecular flexibility index (Phi) is 3.00. The molecule has 2 fully saturated rings. The molecular formula is C22H21N. The highest BCUT2D eigenvalue weighted by Gasteiger charge is 2.40. The quantitative estimate of drug-likeness (QED) is 0.582. The van der Waals surface area contributed by atoms with Crippen molar-refractivity contribution in [1.82, 2.24) is 4.98 Å². The topological polar surface area (TPSA) is 12.9 Å². The molecule has 2 aliphatic carbocycles. The van der Waals surface area contributed by atoms with Crippen molar-refractivity contribution in [2.75, 3.05) is 0 Å². The number of benzene rings is 2. The molecule has 0 radical (unpaired) electrons. The maximum Gasteiger partial charge on any atom is 0.0744 e. The van der Waals surface area contributed by atoms with Crippen LogP contribution in [0.2, 0.25) is 0 Å². The van der Waals surface area contributed by atoms with Gasteiger partial charge in [-0.3, -0.25) is 0 Å². The number of aromatic nitrogens is 1. The Balaban J connectivity index is 1.65. The lowest BCUT2D eigenvalue weighted by molar-refractivity contribution is 0.421. The van der Waals surface area contributed by atoms with E-state index in [-0.39, 0.29) is 0 Å². The van der Waals surface area contributed by atoms with E-state index in [1.54, 1.807) is 0 Å². The van der Waals surface area contributed by atoms with E-state index in [1.807, 2.05) is 0 Å². The van der Waals surface area contributed by atoms with Crippen LogP contribution in [0.25, 0.3) is 22.2 Å². The summed E-state index contributed by atoms with van der Waals surface area (Å²) in [4.78, 5) is 5.07. The van der Waals surface area contributed by atoms with Gasteiger partial charge in [0.05, 0.1) is 11.2 Å². The largest absolute Gasteiger partial charge is 0.247 e. The lowest BCUT2D eigenvalue weighted by Crippen LogP contribution is -2.09. The molecule has 0 spiro atoms. The Labute approximate surface area is 137 Å². The molecule has 2 aromatic carbocycles. The average Bonchev–Trinajstić information content (AvgIpc) is 3.25. The van der Waals surface area contributed by atoms with Gasteiger partial charge in [-0.1, -0.05) is 61.0 Å². The zero-order valence-corrected chi connectivity index (χ0v) is 13.3. The third-order valence-corrected chi connectivity index (χ3v) is 5.96. The van der Waals surface area contributed by atoms with Gasteiger partial charge in [-0.15, -0.1) is 0 Å². The van der Waals surface area contributed by atoms with E-state index in [4.69, 9.17) is 4.98 Å². The first kappa shape index (κ1) is 13.3. The van der Waals surface area contributed by atoms with Gasteiger partial charge in [-0.2, -0.15) is 0 Å². The molecule has 3 aromatic rings. The normalized spacial score (nSPS) is 26.0. The zero-order chi connectivity index (χ0) is 15.2. The summed E-state index contributed by atoms with van der Waals surface area (Å²) in [5.74, 6) is 2.60. The predicted molar refractivity (Wildman–Crippen MR) is 95.4 cm³/mol. The molecule has 1 nitrogen and oxygen atoms in total. The Morgan fingerprint density at radius 2 is 1.70 bits per heavy atom. The van der Waals surface area contributed by atoms with E-state index in [0.29, 0.717) is 0 Å². The first-order chi connectivity index (χ1) is 11.4. The molecule has 0 amide bonds. The molecule has 0 aliphatic heterocycles. The Morgan fingerprint density at radius 1 is 0.783 bits per heavy atom. The van der Waals surface area contributed by atoms with Gasteiger partial charge in [0.25, 0.3) is 0 Å². The molecular weight excluding hydrogens is 278 g/mol. The van der Waals surface area contributed by atoms with Crippen molar-refractivity contribution in [3.8, 4) is 11.3 Å². The molecule has 114 valence electrons. The summed E-state index contributed by atoms with van der Waals surface area (Å²) in [7, 11) is 0. The highest BCUT2D eigenvalue weighted by atomic mass is 14.7. The summed E-state index contributed by atoms with van der Waals surface area (Å²) < 4.78 is 0. The second-order valence-electron chi connectivity index (χ2n) is 7.26. The maximum atomic E-state index is 5.07. The number of rotatable bonds is 2. The number of hydrogen-bond donors (Lipinski definition) is 0. The number of nitrogens with zero attached hydrogens (tertiary/aromatic N) is 1. The number of fused-ring (bicyclic) bond motifs is 3. The fourth-order valence-electron chi connectivity index (χ4n) is 4.86. The summed E-state index contributed by atoms with van der Waals surface area (Å²) in [6.07, 6.45) is 5.69. The van der Waals surface area contributed by atoms with Gasteiger partial charge in [-0.05, 0) is 48.6 Å². The Hall–Kier alpha value is -2.15. The highest BCUT2D eigenvalue weighted by molar-refractivity contribution is 5.85. The molecule has 2 aliphatic rings. The minimum atomic E-state index is 0.732. The van der Waals surface area contributed by atoms with Gasteiger partial charge in [0.15, 0.2) is 0 Å². The van der Waals surface area contributed by atoms with Crippen LogP contribution >= 0.6 is 0 Å². The van der Waals surface area contributed by atoms with Gasteiger partial charge in [0.2, 0.25) is 0 Å². The zero-order valence-electron chi connectivity index (χ0n) is 13.3. The molecule has 2 saturated carbocycles. The Bertz CT molecular complexity index is 852. The fraction of sp³-hybridized carbons (Fsp3) is 0.318. The minimum Gasteiger partial charge on any atom is -0.247 e. The van der Waals surface area contributed by atoms with Crippen molar-refractivity contribution >= 4 is 10.9 Å². The summed E-state index contributed by atoms with van der Waals surface area (Å²) in [6.45, 7) is 0. The molecule has 1 aromatic heterocycles. The molecule has 0 N–H and O–H groups in total. The number of para-hydroxylation sites is 1. The van der Waals surface area contributed by atoms with Crippen molar-refractivity contribution in [3.05, 3.63) is 66.2 Å². The molecule has 3 atom stereocenters. The van der Waals surface area contributed by atoms with Gasteiger partial charge in [-0.25, -0.2) is 4.98 Å². The number of pyridine rings is 1. The summed E-state index contributed by atoms with van der Waals surface area (Å²) >= 11 is 0. The molecule has 2 bridgehead atoms. The summed E-state index contributed by atoms with van der Waals surface area (Å²) in [5, 5.41) is 1.28. The van der Waals surface area contributed by atoms with Gasteiger partial charge in [0.1, 0.15) is 0 Å². The van der Waals surface area contributed by atoms with Crippen molar-refractivity contribution < 1.29 is 0 Å². The van der Waals surface area contributed by atoms with Crippen LogP contribution in [0.4, 0.5) is 0 Å². The van der Waals surface area contributed by atoms with Crippen LogP contribution < -0.4 is 0 Å². The van der Waals surface area contributed by atoms with Crippen LogP contribution in [0, 0.1) is 11.8 Å². The molecule has 23 heavy (non-hydrogen) atoms. The van der Waals surface area contributed by atoms with Crippen LogP contribution in [0.15, 0.2) is 60.7 Å². The van der Waals surface area contributed by atoms with Crippen LogP contribution in [-0.4, -0.2) is 4.98 Å². The molecule has 3 unspecified atom stereocenters. The first-order valence-corrected chi connectivity index (χ1v) is 8.83. The lowest BCUT2D eigenvalue weighted by atomic mass is 9.82. The first-order valence-electron chi connectivity index (χ1n) is 8.83. The Morgan fingerprint density at radius 3 is 2.48 bits per heavy atom. The third-order valence-electron chi connectivity index (χ3n) is 5.96. The van der Waals surface area contributed by atoms with Crippen LogP contribution in [0.5, 0.6) is 0 Å². The van der Waals surface area contributed by atoms with E-state index < -0.39 is 0 Å².